The van der Waals surface area contributed by atoms with Gasteiger partial charge in [-0.15, -0.1) is 0 Å². The number of benzene rings is 2. The molecule has 0 aliphatic heterocycles. The average molecular weight is 441 g/mol. The van der Waals surface area contributed by atoms with Crippen molar-refractivity contribution in [2.24, 2.45) is 0 Å². The maximum atomic E-state index is 12.7. The number of anilines is 1. The molecule has 7 nitrogen and oxygen atoms in total. The fraction of sp³-hybridized carbons (Fsp3) is 0.190. The van der Waals surface area contributed by atoms with Crippen LogP contribution in [0.4, 0.5) is 5.13 Å². The minimum atomic E-state index is -3.56. The molecule has 2 aromatic heterocycles. The average Bonchev–Trinajstić information content (AvgIpc) is 3.15. The first-order valence-electron chi connectivity index (χ1n) is 9.50. The number of thiazole rings is 1. The Labute approximate surface area is 178 Å². The van der Waals surface area contributed by atoms with Gasteiger partial charge in [0.1, 0.15) is 5.69 Å². The molecule has 30 heavy (non-hydrogen) atoms. The van der Waals surface area contributed by atoms with Gasteiger partial charge in [-0.25, -0.2) is 18.4 Å². The number of hydrogen-bond acceptors (Lipinski definition) is 6. The van der Waals surface area contributed by atoms with Crippen LogP contribution >= 0.6 is 11.3 Å². The molecular weight excluding hydrogens is 420 g/mol. The number of fused-ring (bicyclic) bond motifs is 2. The number of para-hydroxylation sites is 1. The Kier molecular flexibility index (Phi) is 5.50. The normalized spacial score (nSPS) is 12.0. The van der Waals surface area contributed by atoms with E-state index in [0.29, 0.717) is 28.4 Å². The standard InChI is InChI=1S/C21H20N4O3S2/c1-3-25(4-2)30(27,28)15-10-12-17-19(13-15)29-21(23-17)24-20(26)18-11-9-14-7-5-6-8-16(14)22-18/h5-13H,3-4H2,1-2H3,(H,23,24,26). The fourth-order valence-electron chi connectivity index (χ4n) is 3.19. The minimum absolute atomic E-state index is 0.219. The molecule has 9 heteroatoms. The van der Waals surface area contributed by atoms with E-state index in [9.17, 15) is 13.2 Å². The van der Waals surface area contributed by atoms with Crippen LogP contribution in [0.2, 0.25) is 0 Å². The molecule has 0 spiro atoms. The molecule has 2 aromatic carbocycles. The van der Waals surface area contributed by atoms with Crippen molar-refractivity contribution in [2.75, 3.05) is 18.4 Å². The second-order valence-electron chi connectivity index (χ2n) is 6.58. The Morgan fingerprint density at radius 2 is 1.77 bits per heavy atom. The lowest BCUT2D eigenvalue weighted by Crippen LogP contribution is -2.30. The summed E-state index contributed by atoms with van der Waals surface area (Å²) in [5.41, 5.74) is 1.65. The van der Waals surface area contributed by atoms with E-state index in [4.69, 9.17) is 0 Å². The Hall–Kier alpha value is -2.88. The van der Waals surface area contributed by atoms with E-state index < -0.39 is 10.0 Å². The smallest absolute Gasteiger partial charge is 0.276 e. The van der Waals surface area contributed by atoms with E-state index in [1.165, 1.54) is 15.6 Å². The molecule has 1 N–H and O–H groups in total. The zero-order valence-electron chi connectivity index (χ0n) is 16.5. The molecule has 0 aliphatic rings. The van der Waals surface area contributed by atoms with Gasteiger partial charge in [-0.3, -0.25) is 10.1 Å². The van der Waals surface area contributed by atoms with Gasteiger partial charge in [0.25, 0.3) is 5.91 Å². The number of sulfonamides is 1. The first-order chi connectivity index (χ1) is 14.4. The summed E-state index contributed by atoms with van der Waals surface area (Å²) in [6, 6.07) is 15.9. The first-order valence-corrected chi connectivity index (χ1v) is 11.8. The fourth-order valence-corrected chi connectivity index (χ4v) is 5.64. The van der Waals surface area contributed by atoms with Gasteiger partial charge < -0.3 is 0 Å². The van der Waals surface area contributed by atoms with Crippen molar-refractivity contribution in [3.63, 3.8) is 0 Å². The number of nitrogens with one attached hydrogen (secondary N) is 1. The van der Waals surface area contributed by atoms with Crippen LogP contribution in [0.3, 0.4) is 0 Å². The highest BCUT2D eigenvalue weighted by Gasteiger charge is 2.22. The topological polar surface area (TPSA) is 92.3 Å². The molecule has 4 aromatic rings. The number of amides is 1. The number of carbonyl (C=O) groups is 1. The number of carbonyl (C=O) groups excluding carboxylic acids is 1. The summed E-state index contributed by atoms with van der Waals surface area (Å²) in [5, 5.41) is 4.11. The predicted octanol–water partition coefficient (Wildman–Crippen LogP) is 4.13. The lowest BCUT2D eigenvalue weighted by molar-refractivity contribution is 0.102. The molecule has 154 valence electrons. The van der Waals surface area contributed by atoms with Crippen LogP contribution < -0.4 is 5.32 Å². The van der Waals surface area contributed by atoms with Crippen LogP contribution in [-0.2, 0) is 10.0 Å². The number of rotatable bonds is 6. The molecule has 0 saturated heterocycles. The molecule has 0 radical (unpaired) electrons. The monoisotopic (exact) mass is 440 g/mol. The van der Waals surface area contributed by atoms with Crippen molar-refractivity contribution in [1.82, 2.24) is 14.3 Å². The summed E-state index contributed by atoms with van der Waals surface area (Å²) in [5.74, 6) is -0.365. The third-order valence-electron chi connectivity index (χ3n) is 4.75. The zero-order chi connectivity index (χ0) is 21.3. The molecule has 1 amide bonds. The third kappa shape index (κ3) is 3.79. The molecule has 0 atom stereocenters. The molecule has 0 aliphatic carbocycles. The third-order valence-corrected chi connectivity index (χ3v) is 7.73. The summed E-state index contributed by atoms with van der Waals surface area (Å²) < 4.78 is 27.6. The Morgan fingerprint density at radius 1 is 1.00 bits per heavy atom. The molecule has 2 heterocycles. The van der Waals surface area contributed by atoms with E-state index in [-0.39, 0.29) is 16.5 Å². The van der Waals surface area contributed by atoms with E-state index in [0.717, 1.165) is 10.9 Å². The Balaban J connectivity index is 1.61. The van der Waals surface area contributed by atoms with Gasteiger partial charge in [0, 0.05) is 18.5 Å². The lowest BCUT2D eigenvalue weighted by atomic mass is 10.2. The van der Waals surface area contributed by atoms with Gasteiger partial charge in [-0.2, -0.15) is 4.31 Å². The Bertz CT molecular complexity index is 1340. The summed E-state index contributed by atoms with van der Waals surface area (Å²) in [4.78, 5) is 21.6. The predicted molar refractivity (Wildman–Crippen MR) is 119 cm³/mol. The van der Waals surface area contributed by atoms with Crippen molar-refractivity contribution in [1.29, 1.82) is 0 Å². The number of aromatic nitrogens is 2. The van der Waals surface area contributed by atoms with E-state index in [1.807, 2.05) is 30.3 Å². The summed E-state index contributed by atoms with van der Waals surface area (Å²) in [6.07, 6.45) is 0. The van der Waals surface area contributed by atoms with Crippen molar-refractivity contribution < 1.29 is 13.2 Å². The molecule has 0 fully saturated rings. The molecule has 0 saturated carbocycles. The van der Waals surface area contributed by atoms with Gasteiger partial charge in [-0.1, -0.05) is 49.4 Å². The van der Waals surface area contributed by atoms with Crippen LogP contribution in [0.25, 0.3) is 21.1 Å². The summed E-state index contributed by atoms with van der Waals surface area (Å²) >= 11 is 1.23. The van der Waals surface area contributed by atoms with Gasteiger partial charge in [-0.05, 0) is 30.3 Å². The summed E-state index contributed by atoms with van der Waals surface area (Å²) in [6.45, 7) is 4.42. The van der Waals surface area contributed by atoms with E-state index >= 15 is 0 Å². The van der Waals surface area contributed by atoms with Gasteiger partial charge >= 0.3 is 0 Å². The highest BCUT2D eigenvalue weighted by Crippen LogP contribution is 2.29. The van der Waals surface area contributed by atoms with Gasteiger partial charge in [0.2, 0.25) is 10.0 Å². The van der Waals surface area contributed by atoms with Crippen molar-refractivity contribution in [3.05, 3.63) is 60.3 Å². The Morgan fingerprint density at radius 3 is 2.53 bits per heavy atom. The van der Waals surface area contributed by atoms with Crippen LogP contribution in [0, 0.1) is 0 Å². The maximum Gasteiger partial charge on any atom is 0.276 e. The van der Waals surface area contributed by atoms with Crippen LogP contribution in [0.1, 0.15) is 24.3 Å². The SMILES string of the molecule is CCN(CC)S(=O)(=O)c1ccc2nc(NC(=O)c3ccc4ccccc4n3)sc2c1. The minimum Gasteiger partial charge on any atom is -0.296 e. The second kappa shape index (κ2) is 8.10. The lowest BCUT2D eigenvalue weighted by Gasteiger charge is -2.18. The molecular formula is C21H20N4O3S2. The van der Waals surface area contributed by atoms with Crippen LogP contribution in [0.15, 0.2) is 59.5 Å². The number of pyridine rings is 1. The zero-order valence-corrected chi connectivity index (χ0v) is 18.1. The second-order valence-corrected chi connectivity index (χ2v) is 9.55. The van der Waals surface area contributed by atoms with E-state index in [2.05, 4.69) is 15.3 Å². The highest BCUT2D eigenvalue weighted by molar-refractivity contribution is 7.89. The van der Waals surface area contributed by atoms with Crippen molar-refractivity contribution >= 4 is 53.5 Å². The maximum absolute atomic E-state index is 12.7. The molecule has 0 unspecified atom stereocenters. The molecule has 4 rings (SSSR count). The summed E-state index contributed by atoms with van der Waals surface area (Å²) in [7, 11) is -3.56. The number of hydrogen-bond donors (Lipinski definition) is 1. The van der Waals surface area contributed by atoms with Gasteiger partial charge in [0.15, 0.2) is 5.13 Å². The largest absolute Gasteiger partial charge is 0.296 e. The highest BCUT2D eigenvalue weighted by atomic mass is 32.2. The van der Waals surface area contributed by atoms with Crippen molar-refractivity contribution in [2.45, 2.75) is 18.7 Å². The quantitative estimate of drug-likeness (QED) is 0.487. The first kappa shape index (κ1) is 20.4. The molecule has 0 bridgehead atoms. The van der Waals surface area contributed by atoms with Crippen molar-refractivity contribution in [3.8, 4) is 0 Å². The number of nitrogens with zero attached hydrogens (tertiary/aromatic N) is 3. The van der Waals surface area contributed by atoms with E-state index in [1.54, 1.807) is 38.1 Å². The van der Waals surface area contributed by atoms with Crippen LogP contribution in [0.5, 0.6) is 0 Å². The van der Waals surface area contributed by atoms with Crippen LogP contribution in [-0.4, -0.2) is 41.7 Å². The van der Waals surface area contributed by atoms with Gasteiger partial charge in [0.05, 0.1) is 20.6 Å².